The fraction of sp³-hybridized carbons (Fsp3) is 0.294. The lowest BCUT2D eigenvalue weighted by Gasteiger charge is -2.10. The zero-order valence-corrected chi connectivity index (χ0v) is 15.8. The molecule has 1 aliphatic rings. The van der Waals surface area contributed by atoms with Crippen LogP contribution in [0.3, 0.4) is 0 Å². The normalized spacial score (nSPS) is 13.5. The quantitative estimate of drug-likeness (QED) is 0.600. The topological polar surface area (TPSA) is 101 Å². The molecule has 0 saturated carbocycles. The lowest BCUT2D eigenvalue weighted by molar-refractivity contribution is 0.324. The number of benzene rings is 1. The van der Waals surface area contributed by atoms with Gasteiger partial charge in [-0.05, 0) is 41.8 Å². The predicted molar refractivity (Wildman–Crippen MR) is 99.1 cm³/mol. The van der Waals surface area contributed by atoms with Crippen molar-refractivity contribution in [3.63, 3.8) is 0 Å². The Morgan fingerprint density at radius 3 is 2.23 bits per heavy atom. The highest BCUT2D eigenvalue weighted by atomic mass is 32.3. The first-order valence-electron chi connectivity index (χ1n) is 7.65. The summed E-state index contributed by atoms with van der Waals surface area (Å²) in [6.45, 7) is 0.684. The first-order valence-corrected chi connectivity index (χ1v) is 9.01. The van der Waals surface area contributed by atoms with Crippen LogP contribution in [-0.4, -0.2) is 45.7 Å². The van der Waals surface area contributed by atoms with Crippen LogP contribution >= 0.6 is 0 Å². The molecule has 0 spiro atoms. The molecule has 0 atom stereocenters. The minimum atomic E-state index is -4.16. The summed E-state index contributed by atoms with van der Waals surface area (Å²) in [7, 11) is 0.364. The number of methoxy groups -OCH3 is 1. The van der Waals surface area contributed by atoms with Gasteiger partial charge in [-0.1, -0.05) is 12.1 Å². The molecule has 1 heterocycles. The summed E-state index contributed by atoms with van der Waals surface area (Å²) < 4.78 is 34.8. The van der Waals surface area contributed by atoms with Crippen LogP contribution < -0.4 is 4.74 Å². The van der Waals surface area contributed by atoms with E-state index in [2.05, 4.69) is 26.5 Å². The Kier molecular flexibility index (Phi) is 9.27. The van der Waals surface area contributed by atoms with Gasteiger partial charge in [-0.2, -0.15) is 18.6 Å². The van der Waals surface area contributed by atoms with Gasteiger partial charge in [0.2, 0.25) is 0 Å². The molecule has 0 radical (unpaired) electrons. The van der Waals surface area contributed by atoms with Gasteiger partial charge in [-0.3, -0.25) is 8.74 Å². The Hall–Kier alpha value is -2.49. The van der Waals surface area contributed by atoms with Crippen molar-refractivity contribution in [3.8, 4) is 5.75 Å². The van der Waals surface area contributed by atoms with E-state index in [4.69, 9.17) is 9.29 Å². The molecule has 2 rings (SSSR count). The molecule has 0 fully saturated rings. The third-order valence-electron chi connectivity index (χ3n) is 3.16. The van der Waals surface area contributed by atoms with E-state index in [1.54, 1.807) is 13.3 Å². The van der Waals surface area contributed by atoms with Crippen molar-refractivity contribution >= 4 is 10.4 Å². The third-order valence-corrected chi connectivity index (χ3v) is 3.58. The standard InChI is InChI=1S/C16H19N3O.CH4O4S/c1-19-11-8-15(9-12-19)13-18-17-10-7-14-3-5-16(20-2)6-4-14;1-5-6(2,3)4/h3-6,8-9,11-13H,7,10H2,1-2H3;1H3,(H,2,3,4). The number of hydrogen-bond donors (Lipinski definition) is 1. The first kappa shape index (κ1) is 21.6. The van der Waals surface area contributed by atoms with Crippen LogP contribution in [0.2, 0.25) is 0 Å². The molecule has 26 heavy (non-hydrogen) atoms. The van der Waals surface area contributed by atoms with E-state index in [0.717, 1.165) is 24.9 Å². The maximum Gasteiger partial charge on any atom is 0.397 e. The fourth-order valence-electron chi connectivity index (χ4n) is 1.74. The van der Waals surface area contributed by atoms with Gasteiger partial charge in [0.1, 0.15) is 5.75 Å². The minimum absolute atomic E-state index is 0.684. The highest BCUT2D eigenvalue weighted by Crippen LogP contribution is 2.12. The maximum atomic E-state index is 9.33. The average Bonchev–Trinajstić information content (AvgIpc) is 2.63. The maximum absolute atomic E-state index is 9.33. The van der Waals surface area contributed by atoms with Crippen molar-refractivity contribution in [3.05, 3.63) is 66.2 Å². The lowest BCUT2D eigenvalue weighted by atomic mass is 10.1. The minimum Gasteiger partial charge on any atom is -0.497 e. The molecule has 9 heteroatoms. The third kappa shape index (κ3) is 9.72. The monoisotopic (exact) mass is 381 g/mol. The largest absolute Gasteiger partial charge is 0.497 e. The second kappa shape index (κ2) is 11.2. The Balaban J connectivity index is 0.000000487. The van der Waals surface area contributed by atoms with E-state index >= 15 is 0 Å². The summed E-state index contributed by atoms with van der Waals surface area (Å²) >= 11 is 0. The number of azo groups is 1. The van der Waals surface area contributed by atoms with Crippen LogP contribution in [0.5, 0.6) is 5.75 Å². The predicted octanol–water partition coefficient (Wildman–Crippen LogP) is 2.98. The zero-order valence-electron chi connectivity index (χ0n) is 14.9. The smallest absolute Gasteiger partial charge is 0.397 e. The molecule has 8 nitrogen and oxygen atoms in total. The van der Waals surface area contributed by atoms with Gasteiger partial charge in [0.25, 0.3) is 0 Å². The summed E-state index contributed by atoms with van der Waals surface area (Å²) in [6.07, 6.45) is 10.6. The number of rotatable bonds is 6. The van der Waals surface area contributed by atoms with Crippen molar-refractivity contribution in [2.24, 2.45) is 10.2 Å². The number of ether oxygens (including phenoxy) is 1. The molecule has 0 saturated heterocycles. The molecule has 142 valence electrons. The van der Waals surface area contributed by atoms with Crippen LogP contribution in [-0.2, 0) is 21.0 Å². The van der Waals surface area contributed by atoms with Gasteiger partial charge in [-0.15, -0.1) is 0 Å². The van der Waals surface area contributed by atoms with Crippen molar-refractivity contribution in [2.45, 2.75) is 6.42 Å². The van der Waals surface area contributed by atoms with Crippen LogP contribution in [0.25, 0.3) is 0 Å². The van der Waals surface area contributed by atoms with Gasteiger partial charge >= 0.3 is 10.4 Å². The zero-order chi connectivity index (χ0) is 19.4. The second-order valence-corrected chi connectivity index (χ2v) is 6.29. The number of allylic oxidation sites excluding steroid dienone is 3. The fourth-order valence-corrected chi connectivity index (χ4v) is 1.74. The van der Waals surface area contributed by atoms with Crippen molar-refractivity contribution < 1.29 is 21.9 Å². The highest BCUT2D eigenvalue weighted by molar-refractivity contribution is 7.80. The Bertz CT molecular complexity index is 752. The lowest BCUT2D eigenvalue weighted by Crippen LogP contribution is -2.02. The second-order valence-electron chi connectivity index (χ2n) is 5.10. The Labute approximate surface area is 154 Å². The van der Waals surface area contributed by atoms with E-state index in [0.29, 0.717) is 6.54 Å². The van der Waals surface area contributed by atoms with E-state index < -0.39 is 10.4 Å². The molecule has 0 unspecified atom stereocenters. The highest BCUT2D eigenvalue weighted by Gasteiger charge is 1.95. The van der Waals surface area contributed by atoms with Crippen molar-refractivity contribution in [2.75, 3.05) is 27.8 Å². The first-order chi connectivity index (χ1) is 12.3. The van der Waals surface area contributed by atoms with Gasteiger partial charge in [-0.25, -0.2) is 0 Å². The van der Waals surface area contributed by atoms with Gasteiger partial charge in [0.05, 0.1) is 27.0 Å². The van der Waals surface area contributed by atoms with E-state index in [1.807, 2.05) is 48.6 Å². The molecular weight excluding hydrogens is 358 g/mol. The molecule has 1 N–H and O–H groups in total. The number of nitrogens with zero attached hydrogens (tertiary/aromatic N) is 3. The molecule has 0 aromatic heterocycles. The number of hydrogen-bond acceptors (Lipinski definition) is 7. The van der Waals surface area contributed by atoms with Gasteiger partial charge < -0.3 is 9.64 Å². The summed E-state index contributed by atoms with van der Waals surface area (Å²) in [5.74, 6) is 0.876. The molecular formula is C17H23N3O5S. The van der Waals surface area contributed by atoms with Crippen molar-refractivity contribution in [1.29, 1.82) is 0 Å². The van der Waals surface area contributed by atoms with Crippen LogP contribution in [0, 0.1) is 0 Å². The van der Waals surface area contributed by atoms with E-state index in [1.165, 1.54) is 5.56 Å². The van der Waals surface area contributed by atoms with Crippen LogP contribution in [0.4, 0.5) is 0 Å². The molecule has 0 amide bonds. The van der Waals surface area contributed by atoms with Crippen LogP contribution in [0.15, 0.2) is 70.8 Å². The van der Waals surface area contributed by atoms with Crippen molar-refractivity contribution in [1.82, 2.24) is 4.90 Å². The molecule has 1 aromatic carbocycles. The van der Waals surface area contributed by atoms with Gasteiger partial charge in [0.15, 0.2) is 0 Å². The molecule has 1 aromatic rings. The van der Waals surface area contributed by atoms with Crippen LogP contribution in [0.1, 0.15) is 5.56 Å². The molecule has 1 aliphatic heterocycles. The van der Waals surface area contributed by atoms with E-state index in [9.17, 15) is 8.42 Å². The van der Waals surface area contributed by atoms with E-state index in [-0.39, 0.29) is 0 Å². The summed E-state index contributed by atoms with van der Waals surface area (Å²) in [5, 5.41) is 8.24. The summed E-state index contributed by atoms with van der Waals surface area (Å²) in [6, 6.07) is 8.02. The summed E-state index contributed by atoms with van der Waals surface area (Å²) in [4.78, 5) is 1.98. The van der Waals surface area contributed by atoms with Gasteiger partial charge in [0, 0.05) is 19.4 Å². The summed E-state index contributed by atoms with van der Waals surface area (Å²) in [5.41, 5.74) is 2.28. The SMILES string of the molecule is COS(=O)(=O)O.COc1ccc(CCN=NC=C2C=CN(C)C=C2)cc1. The average molecular weight is 381 g/mol. The Morgan fingerprint density at radius 2 is 1.73 bits per heavy atom. The Morgan fingerprint density at radius 1 is 1.15 bits per heavy atom. The molecule has 0 aliphatic carbocycles. The molecule has 0 bridgehead atoms.